The minimum atomic E-state index is -1.83. The van der Waals surface area contributed by atoms with Gasteiger partial charge in [-0.25, -0.2) is 4.79 Å². The zero-order valence-corrected chi connectivity index (χ0v) is 14.1. The summed E-state index contributed by atoms with van der Waals surface area (Å²) >= 11 is 5.93. The van der Waals surface area contributed by atoms with Crippen LogP contribution in [-0.2, 0) is 11.2 Å². The highest BCUT2D eigenvalue weighted by atomic mass is 35.5. The first-order valence-electron chi connectivity index (χ1n) is 7.84. The SMILES string of the molecule is Cc1cc(Cl)ccc1CC(=O)NC1CCCCCC1.O=C(O)O. The van der Waals surface area contributed by atoms with Gasteiger partial charge in [0.05, 0.1) is 6.42 Å². The number of aryl methyl sites for hydroxylation is 1. The van der Waals surface area contributed by atoms with E-state index >= 15 is 0 Å². The second-order valence-corrected chi connectivity index (χ2v) is 6.22. The summed E-state index contributed by atoms with van der Waals surface area (Å²) in [6.07, 6.45) is 5.98. The summed E-state index contributed by atoms with van der Waals surface area (Å²) in [6.45, 7) is 2.00. The smallest absolute Gasteiger partial charge is 0.450 e. The van der Waals surface area contributed by atoms with Gasteiger partial charge in [0, 0.05) is 11.1 Å². The Morgan fingerprint density at radius 3 is 2.26 bits per heavy atom. The predicted molar refractivity (Wildman–Crippen MR) is 90.2 cm³/mol. The first-order valence-corrected chi connectivity index (χ1v) is 8.22. The molecule has 1 saturated carbocycles. The number of rotatable bonds is 3. The van der Waals surface area contributed by atoms with Gasteiger partial charge in [0.25, 0.3) is 0 Å². The fourth-order valence-corrected chi connectivity index (χ4v) is 2.96. The average Bonchev–Trinajstić information content (AvgIpc) is 2.70. The van der Waals surface area contributed by atoms with Crippen LogP contribution in [0.25, 0.3) is 0 Å². The van der Waals surface area contributed by atoms with Crippen molar-refractivity contribution in [2.45, 2.75) is 57.9 Å². The van der Waals surface area contributed by atoms with Crippen LogP contribution in [0.3, 0.4) is 0 Å². The predicted octanol–water partition coefficient (Wildman–Crippen LogP) is 4.25. The first-order chi connectivity index (χ1) is 10.9. The second-order valence-electron chi connectivity index (χ2n) is 5.79. The highest BCUT2D eigenvalue weighted by Crippen LogP contribution is 2.18. The molecule has 0 unspecified atom stereocenters. The number of halogens is 1. The van der Waals surface area contributed by atoms with Gasteiger partial charge in [0.15, 0.2) is 0 Å². The Kier molecular flexibility index (Phi) is 8.48. The van der Waals surface area contributed by atoms with E-state index in [9.17, 15) is 4.79 Å². The molecular weight excluding hydrogens is 318 g/mol. The number of nitrogens with one attached hydrogen (secondary N) is 1. The van der Waals surface area contributed by atoms with E-state index in [4.69, 9.17) is 26.6 Å². The molecule has 1 aliphatic rings. The molecule has 3 N–H and O–H groups in total. The van der Waals surface area contributed by atoms with E-state index in [2.05, 4.69) is 5.32 Å². The van der Waals surface area contributed by atoms with Crippen molar-refractivity contribution in [1.29, 1.82) is 0 Å². The lowest BCUT2D eigenvalue weighted by molar-refractivity contribution is -0.121. The van der Waals surface area contributed by atoms with Crippen LogP contribution in [0.4, 0.5) is 4.79 Å². The first kappa shape index (κ1) is 19.3. The molecule has 0 spiro atoms. The Bertz CT molecular complexity index is 521. The molecule has 0 bridgehead atoms. The van der Waals surface area contributed by atoms with E-state index in [1.807, 2.05) is 25.1 Å². The van der Waals surface area contributed by atoms with Crippen molar-refractivity contribution in [2.24, 2.45) is 0 Å². The van der Waals surface area contributed by atoms with Crippen LogP contribution in [0.1, 0.15) is 49.7 Å². The topological polar surface area (TPSA) is 86.6 Å². The molecule has 0 aromatic heterocycles. The number of hydrogen-bond acceptors (Lipinski definition) is 2. The van der Waals surface area contributed by atoms with Crippen molar-refractivity contribution < 1.29 is 19.8 Å². The van der Waals surface area contributed by atoms with Crippen molar-refractivity contribution in [3.63, 3.8) is 0 Å². The standard InChI is InChI=1S/C16H22ClNO.CH2O3/c1-12-10-14(17)9-8-13(12)11-16(19)18-15-6-4-2-3-5-7-15;2-1(3)4/h8-10,15H,2-7,11H2,1H3,(H,18,19);(H2,2,3,4). The maximum atomic E-state index is 12.1. The van der Waals surface area contributed by atoms with E-state index in [0.717, 1.165) is 29.0 Å². The second kappa shape index (κ2) is 10.1. The third-order valence-corrected chi connectivity index (χ3v) is 4.11. The molecule has 0 atom stereocenters. The normalized spacial score (nSPS) is 15.0. The Morgan fingerprint density at radius 2 is 1.74 bits per heavy atom. The molecule has 128 valence electrons. The van der Waals surface area contributed by atoms with Gasteiger partial charge in [-0.05, 0) is 43.0 Å². The van der Waals surface area contributed by atoms with Crippen molar-refractivity contribution in [3.05, 3.63) is 34.3 Å². The molecule has 1 aromatic rings. The summed E-state index contributed by atoms with van der Waals surface area (Å²) in [5.41, 5.74) is 2.15. The average molecular weight is 342 g/mol. The minimum Gasteiger partial charge on any atom is -0.450 e. The number of hydrogen-bond donors (Lipinski definition) is 3. The van der Waals surface area contributed by atoms with Crippen LogP contribution < -0.4 is 5.32 Å². The molecule has 6 heteroatoms. The Balaban J connectivity index is 0.000000593. The number of carbonyl (C=O) groups excluding carboxylic acids is 1. The summed E-state index contributed by atoms with van der Waals surface area (Å²) < 4.78 is 0. The molecule has 2 rings (SSSR count). The van der Waals surface area contributed by atoms with Crippen molar-refractivity contribution >= 4 is 23.7 Å². The lowest BCUT2D eigenvalue weighted by Gasteiger charge is -2.16. The van der Waals surface area contributed by atoms with Crippen LogP contribution in [0.2, 0.25) is 5.02 Å². The van der Waals surface area contributed by atoms with Crippen LogP contribution in [0.5, 0.6) is 0 Å². The summed E-state index contributed by atoms with van der Waals surface area (Å²) in [6, 6.07) is 6.09. The zero-order valence-electron chi connectivity index (χ0n) is 13.3. The van der Waals surface area contributed by atoms with Gasteiger partial charge in [0.1, 0.15) is 0 Å². The molecule has 5 nitrogen and oxygen atoms in total. The Labute approximate surface area is 141 Å². The van der Waals surface area contributed by atoms with E-state index in [1.165, 1.54) is 25.7 Å². The summed E-state index contributed by atoms with van der Waals surface area (Å²) in [4.78, 5) is 20.6. The number of carbonyl (C=O) groups is 2. The molecule has 0 radical (unpaired) electrons. The number of carboxylic acid groups (broad SMARTS) is 2. The van der Waals surface area contributed by atoms with Crippen LogP contribution in [0.15, 0.2) is 18.2 Å². The van der Waals surface area contributed by atoms with Gasteiger partial charge in [0.2, 0.25) is 5.91 Å². The molecule has 0 heterocycles. The molecule has 23 heavy (non-hydrogen) atoms. The zero-order chi connectivity index (χ0) is 17.2. The highest BCUT2D eigenvalue weighted by Gasteiger charge is 2.15. The number of amides is 1. The van der Waals surface area contributed by atoms with Gasteiger partial charge < -0.3 is 15.5 Å². The molecule has 0 aliphatic heterocycles. The maximum Gasteiger partial charge on any atom is 0.503 e. The monoisotopic (exact) mass is 341 g/mol. The third-order valence-electron chi connectivity index (χ3n) is 3.88. The van der Waals surface area contributed by atoms with Crippen molar-refractivity contribution in [2.75, 3.05) is 0 Å². The largest absolute Gasteiger partial charge is 0.503 e. The maximum absolute atomic E-state index is 12.1. The lowest BCUT2D eigenvalue weighted by atomic mass is 10.0. The van der Waals surface area contributed by atoms with Gasteiger partial charge in [-0.2, -0.15) is 0 Å². The fraction of sp³-hybridized carbons (Fsp3) is 0.529. The summed E-state index contributed by atoms with van der Waals surface area (Å²) in [7, 11) is 0. The molecular formula is C17H24ClNO4. The third kappa shape index (κ3) is 8.45. The molecule has 1 fully saturated rings. The van der Waals surface area contributed by atoms with E-state index in [1.54, 1.807) is 0 Å². The molecule has 0 saturated heterocycles. The Morgan fingerprint density at radius 1 is 1.17 bits per heavy atom. The van der Waals surface area contributed by atoms with E-state index in [-0.39, 0.29) is 5.91 Å². The van der Waals surface area contributed by atoms with Crippen molar-refractivity contribution in [1.82, 2.24) is 5.32 Å². The van der Waals surface area contributed by atoms with Crippen LogP contribution in [0, 0.1) is 6.92 Å². The van der Waals surface area contributed by atoms with Gasteiger partial charge >= 0.3 is 6.16 Å². The van der Waals surface area contributed by atoms with Gasteiger partial charge in [-0.3, -0.25) is 4.79 Å². The van der Waals surface area contributed by atoms with Crippen LogP contribution >= 0.6 is 11.6 Å². The van der Waals surface area contributed by atoms with E-state index < -0.39 is 6.16 Å². The minimum absolute atomic E-state index is 0.136. The van der Waals surface area contributed by atoms with Crippen molar-refractivity contribution in [3.8, 4) is 0 Å². The highest BCUT2D eigenvalue weighted by molar-refractivity contribution is 6.30. The number of benzene rings is 1. The lowest BCUT2D eigenvalue weighted by Crippen LogP contribution is -2.35. The molecule has 1 aromatic carbocycles. The quantitative estimate of drug-likeness (QED) is 0.717. The summed E-state index contributed by atoms with van der Waals surface area (Å²) in [5.74, 6) is 0.136. The molecule has 1 amide bonds. The Hall–Kier alpha value is -1.75. The van der Waals surface area contributed by atoms with Gasteiger partial charge in [-0.1, -0.05) is 43.4 Å². The fourth-order valence-electron chi connectivity index (χ4n) is 2.73. The molecule has 1 aliphatic carbocycles. The van der Waals surface area contributed by atoms with E-state index in [0.29, 0.717) is 12.5 Å². The van der Waals surface area contributed by atoms with Gasteiger partial charge in [-0.15, -0.1) is 0 Å². The summed E-state index contributed by atoms with van der Waals surface area (Å²) in [5, 5.41) is 17.8. The van der Waals surface area contributed by atoms with Crippen LogP contribution in [-0.4, -0.2) is 28.3 Å².